The van der Waals surface area contributed by atoms with Crippen LogP contribution in [0.15, 0.2) is 0 Å². The molecular weight excluding hydrogens is 222 g/mol. The highest BCUT2D eigenvalue weighted by Crippen LogP contribution is 2.53. The van der Waals surface area contributed by atoms with Crippen LogP contribution in [0.2, 0.25) is 6.32 Å². The zero-order chi connectivity index (χ0) is 12.4. The molecule has 5 atom stereocenters. The molecule has 3 nitrogen and oxygen atoms in total. The second kappa shape index (κ2) is 5.38. The smallest absolute Gasteiger partial charge is 0.306 e. The van der Waals surface area contributed by atoms with Gasteiger partial charge in [0.2, 0.25) is 0 Å². The molecule has 2 aliphatic carbocycles. The van der Waals surface area contributed by atoms with E-state index >= 15 is 0 Å². The summed E-state index contributed by atoms with van der Waals surface area (Å²) in [6.45, 7) is 0. The van der Waals surface area contributed by atoms with Crippen LogP contribution in [0.5, 0.6) is 0 Å². The molecule has 2 N–H and O–H groups in total. The van der Waals surface area contributed by atoms with Crippen molar-refractivity contribution in [2.45, 2.75) is 44.6 Å². The first kappa shape index (κ1) is 12.9. The van der Waals surface area contributed by atoms with Gasteiger partial charge in [0.15, 0.2) is 0 Å². The van der Waals surface area contributed by atoms with Crippen molar-refractivity contribution in [3.05, 3.63) is 0 Å². The van der Waals surface area contributed by atoms with Crippen LogP contribution in [0.3, 0.4) is 0 Å². The third kappa shape index (κ3) is 2.49. The second-order valence-electron chi connectivity index (χ2n) is 5.39. The van der Waals surface area contributed by atoms with Crippen molar-refractivity contribution in [3.63, 3.8) is 0 Å². The highest BCUT2D eigenvalue weighted by molar-refractivity contribution is 6.25. The van der Waals surface area contributed by atoms with Crippen molar-refractivity contribution in [3.8, 4) is 0 Å². The van der Waals surface area contributed by atoms with Gasteiger partial charge in [0, 0.05) is 0 Å². The Morgan fingerprint density at radius 1 is 1.41 bits per heavy atom. The molecule has 5 heteroatoms. The van der Waals surface area contributed by atoms with Crippen molar-refractivity contribution >= 4 is 13.5 Å². The number of aliphatic carboxylic acids is 1. The number of carboxylic acid groups (broad SMARTS) is 1. The number of hydrogen-bond acceptors (Lipinski definition) is 2. The Morgan fingerprint density at radius 3 is 2.82 bits per heavy atom. The van der Waals surface area contributed by atoms with E-state index in [1.54, 1.807) is 0 Å². The van der Waals surface area contributed by atoms with Gasteiger partial charge in [-0.15, -0.1) is 0 Å². The molecule has 5 unspecified atom stereocenters. The third-order valence-corrected chi connectivity index (χ3v) is 4.53. The second-order valence-corrected chi connectivity index (χ2v) is 5.39. The molecule has 0 bridgehead atoms. The van der Waals surface area contributed by atoms with Gasteiger partial charge in [0.25, 0.3) is 7.48 Å². The summed E-state index contributed by atoms with van der Waals surface area (Å²) in [5, 5.41) is 17.8. The van der Waals surface area contributed by atoms with Crippen molar-refractivity contribution in [2.24, 2.45) is 23.7 Å². The summed E-state index contributed by atoms with van der Waals surface area (Å²) in [5.41, 5.74) is 0. The van der Waals surface area contributed by atoms with E-state index in [0.717, 1.165) is 26.7 Å². The van der Waals surface area contributed by atoms with E-state index in [-0.39, 0.29) is 23.7 Å². The lowest BCUT2D eigenvalue weighted by Gasteiger charge is -2.23. The number of fused-ring (bicyclic) bond motifs is 1. The lowest BCUT2D eigenvalue weighted by molar-refractivity contribution is -0.143. The summed E-state index contributed by atoms with van der Waals surface area (Å²) >= 11 is 0. The van der Waals surface area contributed by atoms with Gasteiger partial charge in [0.05, 0.1) is 5.92 Å². The number of halogens is 1. The van der Waals surface area contributed by atoms with Gasteiger partial charge < -0.3 is 10.1 Å². The summed E-state index contributed by atoms with van der Waals surface area (Å²) in [6.07, 6.45) is 3.32. The van der Waals surface area contributed by atoms with Gasteiger partial charge in [-0.25, -0.2) is 4.39 Å². The summed E-state index contributed by atoms with van der Waals surface area (Å²) in [4.78, 5) is 11.2. The predicted molar refractivity (Wildman–Crippen MR) is 62.4 cm³/mol. The number of rotatable bonds is 5. The van der Waals surface area contributed by atoms with Crippen molar-refractivity contribution < 1.29 is 19.3 Å². The molecule has 2 saturated carbocycles. The molecule has 0 saturated heterocycles. The molecule has 0 aromatic rings. The minimum Gasteiger partial charge on any atom is -0.481 e. The van der Waals surface area contributed by atoms with E-state index in [0.29, 0.717) is 19.2 Å². The maximum atomic E-state index is 13.8. The first-order chi connectivity index (χ1) is 8.15. The van der Waals surface area contributed by atoms with Gasteiger partial charge in [0.1, 0.15) is 6.17 Å². The largest absolute Gasteiger partial charge is 0.481 e. The molecule has 0 aromatic heterocycles. The van der Waals surface area contributed by atoms with Crippen LogP contribution in [0.1, 0.15) is 32.1 Å². The maximum Gasteiger partial charge on any atom is 0.306 e. The molecule has 0 heterocycles. The lowest BCUT2D eigenvalue weighted by Crippen LogP contribution is -2.26. The van der Waals surface area contributed by atoms with Gasteiger partial charge in [-0.2, -0.15) is 0 Å². The van der Waals surface area contributed by atoms with Gasteiger partial charge in [-0.1, -0.05) is 12.7 Å². The Hall–Kier alpha value is -0.575. The fourth-order valence-corrected chi connectivity index (χ4v) is 3.84. The molecule has 2 aliphatic rings. The van der Waals surface area contributed by atoms with Crippen LogP contribution in [-0.4, -0.2) is 29.8 Å². The quantitative estimate of drug-likeness (QED) is 0.570. The van der Waals surface area contributed by atoms with Gasteiger partial charge >= 0.3 is 5.97 Å². The van der Waals surface area contributed by atoms with Crippen LogP contribution in [0.4, 0.5) is 4.39 Å². The van der Waals surface area contributed by atoms with Crippen LogP contribution < -0.4 is 0 Å². The van der Waals surface area contributed by atoms with E-state index < -0.39 is 12.1 Å². The maximum absolute atomic E-state index is 13.8. The average molecular weight is 241 g/mol. The third-order valence-electron chi connectivity index (χ3n) is 4.53. The van der Waals surface area contributed by atoms with Crippen molar-refractivity contribution in [1.29, 1.82) is 0 Å². The Morgan fingerprint density at radius 2 is 2.18 bits per heavy atom. The molecule has 0 spiro atoms. The van der Waals surface area contributed by atoms with E-state index in [4.69, 9.17) is 5.02 Å². The zero-order valence-corrected chi connectivity index (χ0v) is 9.89. The van der Waals surface area contributed by atoms with Crippen LogP contribution in [0.25, 0.3) is 0 Å². The molecule has 17 heavy (non-hydrogen) atoms. The summed E-state index contributed by atoms with van der Waals surface area (Å²) in [6, 6.07) is 0. The topological polar surface area (TPSA) is 57.5 Å². The number of alkyl halides is 1. The van der Waals surface area contributed by atoms with Crippen molar-refractivity contribution in [2.75, 3.05) is 0 Å². The average Bonchev–Trinajstić information content (AvgIpc) is 2.81. The monoisotopic (exact) mass is 241 g/mol. The minimum absolute atomic E-state index is 0.0325. The Labute approximate surface area is 102 Å². The number of hydrogen-bond donors (Lipinski definition) is 2. The zero-order valence-electron chi connectivity index (χ0n) is 9.89. The Bertz CT molecular complexity index is 287. The molecule has 0 aliphatic heterocycles. The fourth-order valence-electron chi connectivity index (χ4n) is 3.84. The Balaban J connectivity index is 2.02. The fraction of sp³-hybridized carbons (Fsp3) is 0.917. The van der Waals surface area contributed by atoms with Crippen molar-refractivity contribution in [1.82, 2.24) is 0 Å². The summed E-state index contributed by atoms with van der Waals surface area (Å²) in [5.74, 6) is -0.953. The molecular formula is C12H19BFO3. The van der Waals surface area contributed by atoms with E-state index in [1.807, 2.05) is 0 Å². The highest BCUT2D eigenvalue weighted by Gasteiger charge is 2.52. The number of carbonyl (C=O) groups is 1. The molecule has 2 fully saturated rings. The van der Waals surface area contributed by atoms with Crippen LogP contribution >= 0.6 is 0 Å². The lowest BCUT2D eigenvalue weighted by atomic mass is 9.80. The van der Waals surface area contributed by atoms with E-state index in [1.165, 1.54) is 0 Å². The normalized spacial score (nSPS) is 40.2. The first-order valence-corrected chi connectivity index (χ1v) is 6.48. The molecule has 1 radical (unpaired) electrons. The molecule has 0 amide bonds. The molecule has 0 aromatic carbocycles. The SMILES string of the molecule is O=C(O)C1CC2CCC(F)C2C1CCC[B]O. The summed E-state index contributed by atoms with van der Waals surface area (Å²) in [7, 11) is 1.10. The van der Waals surface area contributed by atoms with Gasteiger partial charge in [-0.05, 0) is 43.4 Å². The minimum atomic E-state index is -0.813. The molecule has 95 valence electrons. The predicted octanol–water partition coefficient (Wildman–Crippen LogP) is 1.88. The van der Waals surface area contributed by atoms with E-state index in [9.17, 15) is 14.3 Å². The number of carboxylic acids is 1. The first-order valence-electron chi connectivity index (χ1n) is 6.48. The standard InChI is InChI=1S/C12H19BFO3/c14-10-4-3-7-6-9(12(15)16)8(11(7)10)2-1-5-13-17/h7-11,17H,1-6H2,(H,15,16). The molecule has 2 rings (SSSR count). The van der Waals surface area contributed by atoms with E-state index in [2.05, 4.69) is 0 Å². The summed E-state index contributed by atoms with van der Waals surface area (Å²) < 4.78 is 13.8. The van der Waals surface area contributed by atoms with Crippen LogP contribution in [0, 0.1) is 23.7 Å². The van der Waals surface area contributed by atoms with Crippen LogP contribution in [-0.2, 0) is 4.79 Å². The Kier molecular flexibility index (Phi) is 4.07. The van der Waals surface area contributed by atoms with Gasteiger partial charge in [-0.3, -0.25) is 4.79 Å². The highest BCUT2D eigenvalue weighted by atomic mass is 19.1.